The first kappa shape index (κ1) is 13.0. The number of rotatable bonds is 3. The van der Waals surface area contributed by atoms with Crippen molar-refractivity contribution in [2.45, 2.75) is 6.10 Å². The van der Waals surface area contributed by atoms with Crippen LogP contribution < -0.4 is 4.74 Å². The van der Waals surface area contributed by atoms with Crippen molar-refractivity contribution in [2.75, 3.05) is 7.11 Å². The number of para-hydroxylation sites is 1. The van der Waals surface area contributed by atoms with Crippen LogP contribution in [-0.4, -0.2) is 12.2 Å². The van der Waals surface area contributed by atoms with Gasteiger partial charge in [-0.1, -0.05) is 41.9 Å². The predicted molar refractivity (Wildman–Crippen MR) is 78.3 cm³/mol. The van der Waals surface area contributed by atoms with Crippen molar-refractivity contribution in [3.63, 3.8) is 0 Å². The van der Waals surface area contributed by atoms with Gasteiger partial charge >= 0.3 is 0 Å². The van der Waals surface area contributed by atoms with Crippen molar-refractivity contribution in [2.24, 2.45) is 0 Å². The highest BCUT2D eigenvalue weighted by molar-refractivity contribution is 6.31. The van der Waals surface area contributed by atoms with Gasteiger partial charge in [0, 0.05) is 16.0 Å². The molecule has 0 radical (unpaired) electrons. The molecule has 1 unspecified atom stereocenters. The minimum atomic E-state index is -0.902. The average molecular weight is 289 g/mol. The summed E-state index contributed by atoms with van der Waals surface area (Å²) in [7, 11) is 1.58. The molecule has 102 valence electrons. The summed E-state index contributed by atoms with van der Waals surface area (Å²) in [5.74, 6) is 1.08. The Labute approximate surface area is 121 Å². The van der Waals surface area contributed by atoms with E-state index in [9.17, 15) is 5.11 Å². The van der Waals surface area contributed by atoms with Crippen molar-refractivity contribution < 1.29 is 14.3 Å². The molecular formula is C16H13ClO3. The first-order chi connectivity index (χ1) is 9.70. The molecule has 0 aliphatic carbocycles. The number of aliphatic hydroxyl groups is 1. The van der Waals surface area contributed by atoms with E-state index in [0.717, 1.165) is 5.39 Å². The molecular weight excluding hydrogens is 276 g/mol. The van der Waals surface area contributed by atoms with Gasteiger partial charge in [0.1, 0.15) is 11.9 Å². The number of furan rings is 1. The van der Waals surface area contributed by atoms with Gasteiger partial charge in [-0.3, -0.25) is 0 Å². The van der Waals surface area contributed by atoms with Crippen LogP contribution in [0.15, 0.2) is 52.9 Å². The number of hydrogen-bond acceptors (Lipinski definition) is 3. The maximum Gasteiger partial charge on any atom is 0.176 e. The second kappa shape index (κ2) is 5.19. The molecule has 0 aliphatic rings. The topological polar surface area (TPSA) is 42.6 Å². The number of fused-ring (bicyclic) bond motifs is 1. The quantitative estimate of drug-likeness (QED) is 0.786. The third kappa shape index (κ3) is 2.15. The summed E-state index contributed by atoms with van der Waals surface area (Å²) in [6, 6.07) is 14.6. The summed E-state index contributed by atoms with van der Waals surface area (Å²) >= 11 is 6.10. The molecule has 0 saturated carbocycles. The van der Waals surface area contributed by atoms with Gasteiger partial charge in [-0.25, -0.2) is 0 Å². The highest BCUT2D eigenvalue weighted by Gasteiger charge is 2.19. The summed E-state index contributed by atoms with van der Waals surface area (Å²) in [6.07, 6.45) is -0.902. The smallest absolute Gasteiger partial charge is 0.176 e. The first-order valence-corrected chi connectivity index (χ1v) is 6.57. The van der Waals surface area contributed by atoms with Gasteiger partial charge in [0.25, 0.3) is 0 Å². The van der Waals surface area contributed by atoms with E-state index in [0.29, 0.717) is 27.7 Å². The molecule has 3 aromatic rings. The van der Waals surface area contributed by atoms with Crippen LogP contribution in [-0.2, 0) is 0 Å². The van der Waals surface area contributed by atoms with Crippen LogP contribution in [0.4, 0.5) is 0 Å². The molecule has 0 bridgehead atoms. The van der Waals surface area contributed by atoms with Gasteiger partial charge < -0.3 is 14.3 Å². The lowest BCUT2D eigenvalue weighted by atomic mass is 10.1. The number of hydrogen-bond donors (Lipinski definition) is 1. The van der Waals surface area contributed by atoms with E-state index in [1.165, 1.54) is 0 Å². The molecule has 0 spiro atoms. The summed E-state index contributed by atoms with van der Waals surface area (Å²) in [5, 5.41) is 11.8. The van der Waals surface area contributed by atoms with Crippen molar-refractivity contribution >= 4 is 22.6 Å². The van der Waals surface area contributed by atoms with Crippen LogP contribution in [0.3, 0.4) is 0 Å². The molecule has 3 nitrogen and oxygen atoms in total. The van der Waals surface area contributed by atoms with Crippen molar-refractivity contribution in [1.82, 2.24) is 0 Å². The highest BCUT2D eigenvalue weighted by Crippen LogP contribution is 2.34. The highest BCUT2D eigenvalue weighted by atomic mass is 35.5. The fourth-order valence-electron chi connectivity index (χ4n) is 2.20. The zero-order valence-corrected chi connectivity index (χ0v) is 11.6. The van der Waals surface area contributed by atoms with E-state index >= 15 is 0 Å². The van der Waals surface area contributed by atoms with Crippen LogP contribution >= 0.6 is 11.6 Å². The van der Waals surface area contributed by atoms with Gasteiger partial charge in [-0.05, 0) is 18.2 Å². The van der Waals surface area contributed by atoms with E-state index < -0.39 is 6.10 Å². The minimum Gasteiger partial charge on any atom is -0.493 e. The lowest BCUT2D eigenvalue weighted by Gasteiger charge is -2.09. The second-order valence-electron chi connectivity index (χ2n) is 4.45. The van der Waals surface area contributed by atoms with E-state index in [-0.39, 0.29) is 0 Å². The fourth-order valence-corrected chi connectivity index (χ4v) is 2.44. The van der Waals surface area contributed by atoms with Crippen LogP contribution in [0.1, 0.15) is 17.4 Å². The van der Waals surface area contributed by atoms with Gasteiger partial charge in [-0.2, -0.15) is 0 Å². The number of methoxy groups -OCH3 is 1. The Morgan fingerprint density at radius 2 is 1.95 bits per heavy atom. The summed E-state index contributed by atoms with van der Waals surface area (Å²) in [5.41, 5.74) is 1.24. The molecule has 2 aromatic carbocycles. The largest absolute Gasteiger partial charge is 0.493 e. The maximum atomic E-state index is 10.4. The number of aliphatic hydroxyl groups excluding tert-OH is 1. The summed E-state index contributed by atoms with van der Waals surface area (Å²) < 4.78 is 11.0. The third-order valence-corrected chi connectivity index (χ3v) is 3.56. The number of benzene rings is 2. The summed E-state index contributed by atoms with van der Waals surface area (Å²) in [6.45, 7) is 0. The normalized spacial score (nSPS) is 12.6. The average Bonchev–Trinajstić information content (AvgIpc) is 2.91. The molecule has 20 heavy (non-hydrogen) atoms. The number of ether oxygens (including phenoxy) is 1. The minimum absolute atomic E-state index is 0.442. The molecule has 0 amide bonds. The lowest BCUT2D eigenvalue weighted by Crippen LogP contribution is -1.98. The number of halogens is 1. The van der Waals surface area contributed by atoms with Crippen molar-refractivity contribution in [3.05, 3.63) is 64.9 Å². The van der Waals surface area contributed by atoms with Gasteiger partial charge in [0.15, 0.2) is 11.3 Å². The van der Waals surface area contributed by atoms with Crippen LogP contribution in [0, 0.1) is 0 Å². The standard InChI is InChI=1S/C16H13ClO3/c1-19-13-8-4-5-10-9-14(20-16(10)13)15(18)11-6-2-3-7-12(11)17/h2-9,15,18H,1H3. The van der Waals surface area contributed by atoms with E-state index in [2.05, 4.69) is 0 Å². The predicted octanol–water partition coefficient (Wildman–Crippen LogP) is 4.18. The van der Waals surface area contributed by atoms with Gasteiger partial charge in [0.05, 0.1) is 7.11 Å². The zero-order valence-electron chi connectivity index (χ0n) is 10.8. The monoisotopic (exact) mass is 288 g/mol. The Bertz CT molecular complexity index is 748. The molecule has 4 heteroatoms. The van der Waals surface area contributed by atoms with E-state index in [4.69, 9.17) is 20.8 Å². The first-order valence-electron chi connectivity index (χ1n) is 6.19. The molecule has 0 aliphatic heterocycles. The molecule has 1 heterocycles. The second-order valence-corrected chi connectivity index (χ2v) is 4.86. The van der Waals surface area contributed by atoms with Gasteiger partial charge in [-0.15, -0.1) is 0 Å². The molecule has 1 atom stereocenters. The Balaban J connectivity index is 2.09. The zero-order chi connectivity index (χ0) is 14.1. The molecule has 0 saturated heterocycles. The van der Waals surface area contributed by atoms with Crippen molar-refractivity contribution in [3.8, 4) is 5.75 Å². The van der Waals surface area contributed by atoms with Crippen LogP contribution in [0.5, 0.6) is 5.75 Å². The van der Waals surface area contributed by atoms with E-state index in [1.807, 2.05) is 30.3 Å². The maximum absolute atomic E-state index is 10.4. The van der Waals surface area contributed by atoms with Gasteiger partial charge in [0.2, 0.25) is 0 Å². The SMILES string of the molecule is COc1cccc2cc(C(O)c3ccccc3Cl)oc12. The molecule has 0 fully saturated rings. The fraction of sp³-hybridized carbons (Fsp3) is 0.125. The van der Waals surface area contributed by atoms with Crippen LogP contribution in [0.25, 0.3) is 11.0 Å². The van der Waals surface area contributed by atoms with E-state index in [1.54, 1.807) is 25.3 Å². The molecule has 3 rings (SSSR count). The lowest BCUT2D eigenvalue weighted by molar-refractivity contribution is 0.192. The Morgan fingerprint density at radius 1 is 1.15 bits per heavy atom. The molecule has 1 N–H and O–H groups in total. The van der Waals surface area contributed by atoms with Crippen molar-refractivity contribution in [1.29, 1.82) is 0 Å². The Kier molecular flexibility index (Phi) is 3.38. The van der Waals surface area contributed by atoms with Crippen LogP contribution in [0.2, 0.25) is 5.02 Å². The summed E-state index contributed by atoms with van der Waals surface area (Å²) in [4.78, 5) is 0. The molecule has 1 aromatic heterocycles. The third-order valence-electron chi connectivity index (χ3n) is 3.22. The Morgan fingerprint density at radius 3 is 2.70 bits per heavy atom. The Hall–Kier alpha value is -1.97.